The molecule has 1 fully saturated rings. The van der Waals surface area contributed by atoms with Crippen molar-refractivity contribution < 1.29 is 14.0 Å². The summed E-state index contributed by atoms with van der Waals surface area (Å²) in [5, 5.41) is 11.4. The lowest BCUT2D eigenvalue weighted by atomic mass is 9.47. The maximum Gasteiger partial charge on any atom is 0.256 e. The van der Waals surface area contributed by atoms with Crippen LogP contribution in [-0.4, -0.2) is 76.7 Å². The number of nitriles is 1. The number of piperazine rings is 1. The van der Waals surface area contributed by atoms with Crippen molar-refractivity contribution in [2.24, 2.45) is 5.10 Å². The van der Waals surface area contributed by atoms with Crippen LogP contribution in [0.5, 0.6) is 0 Å². The number of nitrogens with one attached hydrogen (secondary N) is 1. The van der Waals surface area contributed by atoms with Crippen molar-refractivity contribution in [3.63, 3.8) is 0 Å². The zero-order valence-electron chi connectivity index (χ0n) is 21.1. The minimum atomic E-state index is -1.79. The van der Waals surface area contributed by atoms with Crippen molar-refractivity contribution in [2.75, 3.05) is 38.1 Å². The highest BCUT2D eigenvalue weighted by Gasteiger charge is 2.32. The van der Waals surface area contributed by atoms with Crippen LogP contribution < -0.4 is 10.3 Å². The molecular formula is C27H22B2BrFN6O2. The second-order valence-corrected chi connectivity index (χ2v) is 9.81. The Balaban J connectivity index is 1.59. The van der Waals surface area contributed by atoms with Crippen molar-refractivity contribution in [1.29, 1.82) is 5.26 Å². The average molecular weight is 583 g/mol. The molecule has 8 nitrogen and oxygen atoms in total. The summed E-state index contributed by atoms with van der Waals surface area (Å²) in [5.41, 5.74) is 3.99. The predicted molar refractivity (Wildman–Crippen MR) is 152 cm³/mol. The summed E-state index contributed by atoms with van der Waals surface area (Å²) >= 11 is 3.38. The van der Waals surface area contributed by atoms with Gasteiger partial charge in [-0.25, -0.2) is 9.37 Å². The number of hydrazone groups is 1. The lowest BCUT2D eigenvalue weighted by molar-refractivity contribution is 0.0741. The van der Waals surface area contributed by atoms with E-state index in [1.165, 1.54) is 18.3 Å². The van der Waals surface area contributed by atoms with E-state index in [2.05, 4.69) is 31.4 Å². The number of hydrogen-bond acceptors (Lipinski definition) is 7. The molecule has 12 heteroatoms. The van der Waals surface area contributed by atoms with Gasteiger partial charge in [-0.15, -0.1) is 0 Å². The Labute approximate surface area is 236 Å². The fourth-order valence-corrected chi connectivity index (χ4v) is 4.72. The molecule has 2 heterocycles. The third-order valence-corrected chi connectivity index (χ3v) is 6.95. The first kappa shape index (κ1) is 28.0. The zero-order valence-corrected chi connectivity index (χ0v) is 22.7. The second-order valence-electron chi connectivity index (χ2n) is 8.89. The van der Waals surface area contributed by atoms with Gasteiger partial charge in [0.05, 0.1) is 32.5 Å². The molecule has 192 valence electrons. The van der Waals surface area contributed by atoms with Gasteiger partial charge in [-0.1, -0.05) is 27.6 Å². The third kappa shape index (κ3) is 5.88. The number of hydrogen-bond donors (Lipinski definition) is 1. The van der Waals surface area contributed by atoms with Gasteiger partial charge in [0, 0.05) is 55.0 Å². The van der Waals surface area contributed by atoms with Crippen LogP contribution in [0, 0.1) is 17.1 Å². The Kier molecular flexibility index (Phi) is 8.51. The molecule has 0 aliphatic carbocycles. The molecule has 39 heavy (non-hydrogen) atoms. The average Bonchev–Trinajstić information content (AvgIpc) is 2.95. The molecule has 2 aromatic carbocycles. The SMILES string of the molecule is [B]C([B])(/C(=N/NC)c1cc(Br)ccc1C=O)c1ccc(F)c(C(=O)N2CCN(c3ccc(C#N)cn3)CC2)c1. The molecule has 4 rings (SSSR count). The highest BCUT2D eigenvalue weighted by molar-refractivity contribution is 9.10. The number of halogens is 2. The van der Waals surface area contributed by atoms with Crippen LogP contribution in [0.25, 0.3) is 0 Å². The van der Waals surface area contributed by atoms with Gasteiger partial charge in [0.25, 0.3) is 5.91 Å². The molecular weight excluding hydrogens is 561 g/mol. The summed E-state index contributed by atoms with van der Waals surface area (Å²) in [6.07, 6.45) is 2.16. The number of anilines is 1. The van der Waals surface area contributed by atoms with E-state index in [0.717, 1.165) is 6.07 Å². The summed E-state index contributed by atoms with van der Waals surface area (Å²) in [6.45, 7) is 1.65. The lowest BCUT2D eigenvalue weighted by Gasteiger charge is -2.36. The van der Waals surface area contributed by atoms with Gasteiger partial charge in [0.15, 0.2) is 6.29 Å². The maximum atomic E-state index is 14.9. The number of carbonyl (C=O) groups is 2. The van der Waals surface area contributed by atoms with E-state index < -0.39 is 16.9 Å². The van der Waals surface area contributed by atoms with Crippen LogP contribution in [0.1, 0.15) is 37.4 Å². The molecule has 1 aliphatic rings. The van der Waals surface area contributed by atoms with Gasteiger partial charge in [-0.05, 0) is 47.7 Å². The van der Waals surface area contributed by atoms with Gasteiger partial charge in [0.1, 0.15) is 17.7 Å². The first-order valence-corrected chi connectivity index (χ1v) is 12.8. The lowest BCUT2D eigenvalue weighted by Crippen LogP contribution is -2.49. The Hall–Kier alpha value is -3.97. The van der Waals surface area contributed by atoms with Crippen molar-refractivity contribution in [3.05, 3.63) is 92.8 Å². The van der Waals surface area contributed by atoms with E-state index in [-0.39, 0.29) is 16.8 Å². The van der Waals surface area contributed by atoms with Crippen LogP contribution in [0.3, 0.4) is 0 Å². The van der Waals surface area contributed by atoms with Crippen molar-refractivity contribution >= 4 is 55.3 Å². The van der Waals surface area contributed by atoms with E-state index in [0.29, 0.717) is 59.4 Å². The maximum absolute atomic E-state index is 14.9. The highest BCUT2D eigenvalue weighted by Crippen LogP contribution is 2.29. The molecule has 0 atom stereocenters. The topological polar surface area (TPSA) is 102 Å². The summed E-state index contributed by atoms with van der Waals surface area (Å²) in [6, 6.07) is 14.3. The number of carbonyl (C=O) groups excluding carboxylic acids is 2. The molecule has 1 amide bonds. The van der Waals surface area contributed by atoms with Crippen molar-refractivity contribution in [2.45, 2.75) is 5.21 Å². The minimum absolute atomic E-state index is 0.127. The highest BCUT2D eigenvalue weighted by atomic mass is 79.9. The van der Waals surface area contributed by atoms with Gasteiger partial charge >= 0.3 is 0 Å². The molecule has 0 bridgehead atoms. The van der Waals surface area contributed by atoms with Crippen LogP contribution >= 0.6 is 15.9 Å². The number of pyridine rings is 1. The van der Waals surface area contributed by atoms with Gasteiger partial charge in [-0.3, -0.25) is 9.59 Å². The molecule has 1 N–H and O–H groups in total. The zero-order chi connectivity index (χ0) is 28.2. The number of amides is 1. The predicted octanol–water partition coefficient (Wildman–Crippen LogP) is 2.74. The number of benzene rings is 2. The third-order valence-electron chi connectivity index (χ3n) is 6.46. The molecule has 0 spiro atoms. The largest absolute Gasteiger partial charge is 0.353 e. The van der Waals surface area contributed by atoms with Crippen LogP contribution in [-0.2, 0) is 5.21 Å². The normalized spacial score (nSPS) is 14.1. The number of rotatable bonds is 7. The van der Waals surface area contributed by atoms with E-state index in [4.69, 9.17) is 21.0 Å². The monoisotopic (exact) mass is 582 g/mol. The van der Waals surface area contributed by atoms with Crippen molar-refractivity contribution in [3.8, 4) is 6.07 Å². The molecule has 1 aliphatic heterocycles. The molecule has 4 radical (unpaired) electrons. The fourth-order valence-electron chi connectivity index (χ4n) is 4.36. The van der Waals surface area contributed by atoms with Crippen molar-refractivity contribution in [1.82, 2.24) is 15.3 Å². The second kappa shape index (κ2) is 11.8. The van der Waals surface area contributed by atoms with E-state index >= 15 is 0 Å². The number of nitrogens with zero attached hydrogens (tertiary/aromatic N) is 5. The van der Waals surface area contributed by atoms with Crippen LogP contribution in [0.2, 0.25) is 0 Å². The Morgan fingerprint density at radius 2 is 1.90 bits per heavy atom. The summed E-state index contributed by atoms with van der Waals surface area (Å²) in [4.78, 5) is 32.9. The first-order chi connectivity index (χ1) is 18.7. The van der Waals surface area contributed by atoms with E-state index in [1.54, 1.807) is 42.3 Å². The van der Waals surface area contributed by atoms with Gasteiger partial charge in [0.2, 0.25) is 0 Å². The molecule has 1 aromatic heterocycles. The number of aldehydes is 1. The number of aromatic nitrogens is 1. The minimum Gasteiger partial charge on any atom is -0.353 e. The molecule has 3 aromatic rings. The molecule has 1 saturated heterocycles. The summed E-state index contributed by atoms with van der Waals surface area (Å²) in [7, 11) is 14.7. The van der Waals surface area contributed by atoms with E-state index in [1.807, 2.05) is 11.0 Å². The van der Waals surface area contributed by atoms with Gasteiger partial charge < -0.3 is 15.2 Å². The Bertz CT molecular complexity index is 1470. The standard InChI is InChI=1S/C27H22B2BrFN6O2/c1-33-35-25(21-13-20(30)5-3-18(21)16-38)27(28,29)19-4-6-23(31)22(12-19)26(39)37-10-8-36(9-11-37)24-7-2-17(14-32)15-34-24/h2-7,12-13,15-16,33H,8-11H2,1H3/b35-25+. The van der Waals surface area contributed by atoms with Crippen LogP contribution in [0.15, 0.2) is 64.3 Å². The molecule has 0 saturated carbocycles. The first-order valence-electron chi connectivity index (χ1n) is 12.0. The Morgan fingerprint density at radius 1 is 1.15 bits per heavy atom. The molecule has 0 unspecified atom stereocenters. The smallest absolute Gasteiger partial charge is 0.256 e. The quantitative estimate of drug-likeness (QED) is 0.199. The van der Waals surface area contributed by atoms with E-state index in [9.17, 15) is 14.0 Å². The fraction of sp³-hybridized carbons (Fsp3) is 0.222. The summed E-state index contributed by atoms with van der Waals surface area (Å²) in [5.74, 6) is -0.511. The van der Waals surface area contributed by atoms with Gasteiger partial charge in [-0.2, -0.15) is 10.4 Å². The van der Waals surface area contributed by atoms with Crippen LogP contribution in [0.4, 0.5) is 10.2 Å². The Morgan fingerprint density at radius 3 is 2.51 bits per heavy atom. The summed E-state index contributed by atoms with van der Waals surface area (Å²) < 4.78 is 15.6.